The first-order valence-electron chi connectivity index (χ1n) is 12.9. The molecule has 0 aliphatic rings. The maximum Gasteiger partial charge on any atom is 0.339 e. The number of nitrogens with zero attached hydrogens (tertiary/aromatic N) is 4. The van der Waals surface area contributed by atoms with Crippen molar-refractivity contribution in [1.29, 1.82) is 10.5 Å². The standard InChI is InChI=1S/C31H20N4O11S/c1-34-25(17-32)23-16-28(44-11-13-46-31(39)21-9-8-20(47(40,41)42)14-22(21)29(36)37)24(26(18-33)35-2)15-27(23)43-10-12-45-30(38)19-6-4-3-5-7-19/h3-9,14-16H,10-13H2,(H,36,37)(H,40,41,42)/b25-23-,26-24+. The molecule has 0 unspecified atom stereocenters. The fraction of sp³-hybridized carbons (Fsp3) is 0.129. The zero-order valence-corrected chi connectivity index (χ0v) is 24.7. The molecule has 0 aromatic heterocycles. The van der Waals surface area contributed by atoms with Gasteiger partial charge in [-0.2, -0.15) is 8.42 Å². The molecule has 0 radical (unpaired) electrons. The molecular formula is C31H20N4O11S. The van der Waals surface area contributed by atoms with Gasteiger partial charge in [0.05, 0.1) is 46.9 Å². The van der Waals surface area contributed by atoms with Gasteiger partial charge in [-0.15, -0.1) is 0 Å². The first-order chi connectivity index (χ1) is 22.4. The summed E-state index contributed by atoms with van der Waals surface area (Å²) in [4.78, 5) is 41.9. The van der Waals surface area contributed by atoms with Gasteiger partial charge >= 0.3 is 17.9 Å². The molecule has 16 heteroatoms. The van der Waals surface area contributed by atoms with Crippen molar-refractivity contribution in [2.24, 2.45) is 0 Å². The number of rotatable bonds is 12. The minimum Gasteiger partial charge on any atom is -0.491 e. The number of carbonyl (C=O) groups is 3. The Morgan fingerprint density at radius 2 is 1.26 bits per heavy atom. The van der Waals surface area contributed by atoms with Crippen molar-refractivity contribution in [3.8, 4) is 23.6 Å². The highest BCUT2D eigenvalue weighted by atomic mass is 32.2. The van der Waals surface area contributed by atoms with Crippen molar-refractivity contribution in [1.82, 2.24) is 0 Å². The average molecular weight is 657 g/mol. The summed E-state index contributed by atoms with van der Waals surface area (Å²) in [6, 6.07) is 16.1. The molecule has 0 aliphatic heterocycles. The largest absolute Gasteiger partial charge is 0.491 e. The third-order valence-corrected chi connectivity index (χ3v) is 6.77. The van der Waals surface area contributed by atoms with Crippen LogP contribution in [0.1, 0.15) is 31.1 Å². The van der Waals surface area contributed by atoms with Crippen LogP contribution in [0.15, 0.2) is 65.6 Å². The Kier molecular flexibility index (Phi) is 11.7. The molecule has 0 aliphatic carbocycles. The van der Waals surface area contributed by atoms with Crippen LogP contribution in [0.4, 0.5) is 0 Å². The lowest BCUT2D eigenvalue weighted by Gasteiger charge is -2.13. The lowest BCUT2D eigenvalue weighted by atomic mass is 10.1. The van der Waals surface area contributed by atoms with Gasteiger partial charge in [0, 0.05) is 10.4 Å². The van der Waals surface area contributed by atoms with E-state index in [1.807, 2.05) is 0 Å². The van der Waals surface area contributed by atoms with Crippen LogP contribution in [-0.4, -0.2) is 62.4 Å². The van der Waals surface area contributed by atoms with Crippen LogP contribution in [0.25, 0.3) is 21.1 Å². The quantitative estimate of drug-likeness (QED) is 0.124. The Morgan fingerprint density at radius 3 is 1.70 bits per heavy atom. The maximum absolute atomic E-state index is 12.6. The van der Waals surface area contributed by atoms with Gasteiger partial charge in [0.25, 0.3) is 21.5 Å². The van der Waals surface area contributed by atoms with E-state index in [1.165, 1.54) is 6.07 Å². The van der Waals surface area contributed by atoms with Gasteiger partial charge in [-0.1, -0.05) is 18.2 Å². The molecule has 0 spiro atoms. The number of hydrogen-bond acceptors (Lipinski definition) is 11. The highest BCUT2D eigenvalue weighted by Crippen LogP contribution is 2.18. The summed E-state index contributed by atoms with van der Waals surface area (Å²) in [7, 11) is -4.76. The van der Waals surface area contributed by atoms with Crippen LogP contribution in [0.2, 0.25) is 0 Å². The van der Waals surface area contributed by atoms with Gasteiger partial charge in [-0.25, -0.2) is 34.6 Å². The Labute approximate surface area is 266 Å². The molecule has 0 saturated heterocycles. The van der Waals surface area contributed by atoms with E-state index in [0.29, 0.717) is 11.6 Å². The lowest BCUT2D eigenvalue weighted by molar-refractivity contribution is 0.0436. The highest BCUT2D eigenvalue weighted by molar-refractivity contribution is 7.85. The molecule has 0 fully saturated rings. The number of carboxylic acids is 1. The van der Waals surface area contributed by atoms with Crippen molar-refractivity contribution in [3.63, 3.8) is 0 Å². The van der Waals surface area contributed by atoms with E-state index in [-0.39, 0.29) is 35.2 Å². The number of hydrogen-bond donors (Lipinski definition) is 2. The van der Waals surface area contributed by atoms with Gasteiger partial charge in [0.1, 0.15) is 37.9 Å². The van der Waals surface area contributed by atoms with E-state index in [0.717, 1.165) is 18.2 Å². The molecule has 0 amide bonds. The van der Waals surface area contributed by atoms with Crippen molar-refractivity contribution >= 4 is 39.4 Å². The molecule has 0 atom stereocenters. The van der Waals surface area contributed by atoms with E-state index in [2.05, 4.69) is 9.69 Å². The van der Waals surface area contributed by atoms with E-state index in [9.17, 15) is 38.4 Å². The minimum atomic E-state index is -4.76. The number of esters is 2. The molecule has 15 nitrogen and oxygen atoms in total. The number of ether oxygens (including phenoxy) is 4. The summed E-state index contributed by atoms with van der Waals surface area (Å²) in [5.74, 6) is -3.74. The van der Waals surface area contributed by atoms with Gasteiger partial charge in [-0.05, 0) is 42.5 Å². The van der Waals surface area contributed by atoms with E-state index >= 15 is 0 Å². The van der Waals surface area contributed by atoms with Gasteiger partial charge in [0.15, 0.2) is 0 Å². The number of nitriles is 2. The number of carbonyl (C=O) groups excluding carboxylic acids is 2. The molecule has 47 heavy (non-hydrogen) atoms. The van der Waals surface area contributed by atoms with Crippen LogP contribution in [-0.2, 0) is 19.6 Å². The van der Waals surface area contributed by atoms with Crippen LogP contribution in [0.3, 0.4) is 0 Å². The zero-order chi connectivity index (χ0) is 34.6. The second-order valence-electron chi connectivity index (χ2n) is 8.81. The summed E-state index contributed by atoms with van der Waals surface area (Å²) in [5, 5.41) is 28.3. The van der Waals surface area contributed by atoms with Gasteiger partial charge < -0.3 is 24.1 Å². The molecule has 0 saturated carbocycles. The Balaban J connectivity index is 1.85. The Morgan fingerprint density at radius 1 is 0.745 bits per heavy atom. The minimum absolute atomic E-state index is 0.0834. The molecule has 3 rings (SSSR count). The third kappa shape index (κ3) is 8.91. The van der Waals surface area contributed by atoms with Crippen molar-refractivity contribution in [2.45, 2.75) is 4.90 Å². The molecule has 3 aromatic rings. The van der Waals surface area contributed by atoms with Crippen LogP contribution in [0, 0.1) is 35.8 Å². The van der Waals surface area contributed by atoms with Crippen LogP contribution in [0.5, 0.6) is 11.5 Å². The Hall–Kier alpha value is -6.72. The molecular weight excluding hydrogens is 636 g/mol. The highest BCUT2D eigenvalue weighted by Gasteiger charge is 2.22. The topological polar surface area (TPSA) is 219 Å². The summed E-state index contributed by atoms with van der Waals surface area (Å²) in [6.07, 6.45) is 0. The number of benzene rings is 3. The van der Waals surface area contributed by atoms with Crippen molar-refractivity contribution < 1.29 is 51.4 Å². The monoisotopic (exact) mass is 656 g/mol. The predicted molar refractivity (Wildman–Crippen MR) is 158 cm³/mol. The molecule has 236 valence electrons. The third-order valence-electron chi connectivity index (χ3n) is 5.92. The number of aromatic carboxylic acids is 1. The van der Waals surface area contributed by atoms with Crippen molar-refractivity contribution in [3.05, 3.63) is 111 Å². The predicted octanol–water partition coefficient (Wildman–Crippen LogP) is 2.21. The van der Waals surface area contributed by atoms with E-state index in [1.54, 1.807) is 42.5 Å². The summed E-state index contributed by atoms with van der Waals surface area (Å²) in [5.41, 5.74) is -1.89. The molecule has 0 bridgehead atoms. The van der Waals surface area contributed by atoms with E-state index < -0.39 is 68.7 Å². The second kappa shape index (κ2) is 15.8. The SMILES string of the molecule is [C-]#[N+]/C(C#N)=c1/cc(OCCOC(=O)c2ccc(S(=O)(=O)O)cc2C(=O)O)/c(=C(\C#N)[N+]#[C-])cc1OCCOC(=O)c1ccccc1. The fourth-order valence-electron chi connectivity index (χ4n) is 3.81. The lowest BCUT2D eigenvalue weighted by Crippen LogP contribution is -2.23. The maximum atomic E-state index is 12.6. The zero-order valence-electron chi connectivity index (χ0n) is 23.9. The van der Waals surface area contributed by atoms with E-state index in [4.69, 9.17) is 36.6 Å². The molecule has 0 heterocycles. The number of carboxylic acid groups (broad SMARTS) is 1. The first kappa shape index (κ1) is 34.8. The van der Waals surface area contributed by atoms with Gasteiger partial charge in [-0.3, -0.25) is 4.55 Å². The molecule has 2 N–H and O–H groups in total. The smallest absolute Gasteiger partial charge is 0.339 e. The second-order valence-corrected chi connectivity index (χ2v) is 10.2. The fourth-order valence-corrected chi connectivity index (χ4v) is 4.31. The summed E-state index contributed by atoms with van der Waals surface area (Å²) in [6.45, 7) is 13.3. The van der Waals surface area contributed by atoms with Gasteiger partial charge in [0.2, 0.25) is 0 Å². The summed E-state index contributed by atoms with van der Waals surface area (Å²) >= 11 is 0. The average Bonchev–Trinajstić information content (AvgIpc) is 3.06. The Bertz CT molecular complexity index is 2110. The summed E-state index contributed by atoms with van der Waals surface area (Å²) < 4.78 is 53.3. The normalized spacial score (nSPS) is 11.7. The van der Waals surface area contributed by atoms with Crippen LogP contribution < -0.4 is 19.9 Å². The van der Waals surface area contributed by atoms with Crippen LogP contribution >= 0.6 is 0 Å². The van der Waals surface area contributed by atoms with Crippen molar-refractivity contribution in [2.75, 3.05) is 26.4 Å². The first-order valence-corrected chi connectivity index (χ1v) is 14.4. The molecule has 3 aromatic carbocycles.